The Labute approximate surface area is 130 Å². The highest BCUT2D eigenvalue weighted by atomic mass is 16.3. The van der Waals surface area contributed by atoms with E-state index in [0.717, 1.165) is 32.2 Å². The van der Waals surface area contributed by atoms with Gasteiger partial charge in [0.05, 0.1) is 5.60 Å². The zero-order chi connectivity index (χ0) is 15.1. The fourth-order valence-electron chi connectivity index (χ4n) is 3.36. The molecule has 0 radical (unpaired) electrons. The zero-order valence-corrected chi connectivity index (χ0v) is 13.7. The van der Waals surface area contributed by atoms with Gasteiger partial charge >= 0.3 is 0 Å². The predicted molar refractivity (Wildman–Crippen MR) is 89.5 cm³/mol. The van der Waals surface area contributed by atoms with E-state index in [4.69, 9.17) is 0 Å². The molecule has 1 fully saturated rings. The van der Waals surface area contributed by atoms with E-state index in [1.54, 1.807) is 0 Å². The van der Waals surface area contributed by atoms with Crippen LogP contribution in [0.4, 0.5) is 0 Å². The third-order valence-corrected chi connectivity index (χ3v) is 4.91. The quantitative estimate of drug-likeness (QED) is 0.762. The summed E-state index contributed by atoms with van der Waals surface area (Å²) in [4.78, 5) is 0. The van der Waals surface area contributed by atoms with E-state index in [2.05, 4.69) is 43.4 Å². The fraction of sp³-hybridized carbons (Fsp3) is 0.684. The zero-order valence-electron chi connectivity index (χ0n) is 13.7. The first-order chi connectivity index (χ1) is 10.2. The number of hydrogen-bond acceptors (Lipinski definition) is 2. The number of aryl methyl sites for hydroxylation is 1. The number of rotatable bonds is 6. The molecule has 21 heavy (non-hydrogen) atoms. The summed E-state index contributed by atoms with van der Waals surface area (Å²) in [7, 11) is 0. The maximum Gasteiger partial charge on any atom is 0.0771 e. The lowest BCUT2D eigenvalue weighted by Crippen LogP contribution is -2.41. The van der Waals surface area contributed by atoms with E-state index in [1.165, 1.54) is 36.8 Å². The number of nitrogens with one attached hydrogen (secondary N) is 1. The summed E-state index contributed by atoms with van der Waals surface area (Å²) in [6.07, 6.45) is 8.93. The van der Waals surface area contributed by atoms with Gasteiger partial charge in [-0.1, -0.05) is 63.8 Å². The van der Waals surface area contributed by atoms with Gasteiger partial charge < -0.3 is 10.4 Å². The van der Waals surface area contributed by atoms with E-state index in [-0.39, 0.29) is 0 Å². The maximum absolute atomic E-state index is 10.8. The van der Waals surface area contributed by atoms with Crippen LogP contribution in [0.25, 0.3) is 0 Å². The van der Waals surface area contributed by atoms with Crippen molar-refractivity contribution in [1.82, 2.24) is 5.32 Å². The number of benzene rings is 1. The number of hydrogen-bond donors (Lipinski definition) is 2. The van der Waals surface area contributed by atoms with Crippen molar-refractivity contribution in [2.45, 2.75) is 76.9 Å². The maximum atomic E-state index is 10.8. The Morgan fingerprint density at radius 2 is 1.67 bits per heavy atom. The minimum atomic E-state index is -0.493. The summed E-state index contributed by atoms with van der Waals surface area (Å²) in [5.74, 6) is 0. The summed E-state index contributed by atoms with van der Waals surface area (Å²) in [6.45, 7) is 5.12. The van der Waals surface area contributed by atoms with Crippen LogP contribution < -0.4 is 5.32 Å². The molecular formula is C19H31NO. The van der Waals surface area contributed by atoms with Gasteiger partial charge in [-0.3, -0.25) is 0 Å². The molecule has 1 unspecified atom stereocenters. The highest BCUT2D eigenvalue weighted by Crippen LogP contribution is 2.27. The molecule has 2 rings (SSSR count). The van der Waals surface area contributed by atoms with Gasteiger partial charge in [0.2, 0.25) is 0 Å². The SMILES string of the molecule is CCc1ccc(C(CC)NCC2(O)CCCCCC2)cc1. The molecule has 2 heteroatoms. The molecule has 0 amide bonds. The molecule has 1 aromatic carbocycles. The molecule has 0 heterocycles. The van der Waals surface area contributed by atoms with Gasteiger partial charge in [-0.25, -0.2) is 0 Å². The molecule has 1 aliphatic rings. The molecule has 0 saturated heterocycles. The van der Waals surface area contributed by atoms with Crippen LogP contribution in [-0.2, 0) is 6.42 Å². The minimum absolute atomic E-state index is 0.350. The van der Waals surface area contributed by atoms with Crippen molar-refractivity contribution in [3.63, 3.8) is 0 Å². The summed E-state index contributed by atoms with van der Waals surface area (Å²) in [5.41, 5.74) is 2.23. The van der Waals surface area contributed by atoms with Crippen LogP contribution in [0.1, 0.15) is 76.0 Å². The van der Waals surface area contributed by atoms with E-state index in [1.807, 2.05) is 0 Å². The Bertz CT molecular complexity index is 404. The van der Waals surface area contributed by atoms with Gasteiger partial charge in [-0.05, 0) is 36.8 Å². The highest BCUT2D eigenvalue weighted by molar-refractivity contribution is 5.25. The molecule has 2 N–H and O–H groups in total. The lowest BCUT2D eigenvalue weighted by molar-refractivity contribution is 0.0225. The Morgan fingerprint density at radius 3 is 2.19 bits per heavy atom. The van der Waals surface area contributed by atoms with Crippen LogP contribution in [0.5, 0.6) is 0 Å². The molecule has 118 valence electrons. The van der Waals surface area contributed by atoms with E-state index < -0.39 is 5.60 Å². The molecule has 0 aliphatic heterocycles. The standard InChI is InChI=1S/C19H31NO/c1-3-16-9-11-17(12-10-16)18(4-2)20-15-19(21)13-7-5-6-8-14-19/h9-12,18,20-21H,3-8,13-15H2,1-2H3. The molecule has 0 spiro atoms. The predicted octanol–water partition coefficient (Wildman–Crippen LogP) is 4.38. The van der Waals surface area contributed by atoms with Crippen molar-refractivity contribution in [3.05, 3.63) is 35.4 Å². The molecule has 0 bridgehead atoms. The van der Waals surface area contributed by atoms with Crippen molar-refractivity contribution in [2.75, 3.05) is 6.54 Å². The first-order valence-corrected chi connectivity index (χ1v) is 8.71. The summed E-state index contributed by atoms with van der Waals surface area (Å²) in [6, 6.07) is 9.26. The molecule has 0 aromatic heterocycles. The van der Waals surface area contributed by atoms with Crippen molar-refractivity contribution >= 4 is 0 Å². The highest BCUT2D eigenvalue weighted by Gasteiger charge is 2.28. The van der Waals surface area contributed by atoms with Gasteiger partial charge in [-0.15, -0.1) is 0 Å². The van der Waals surface area contributed by atoms with Crippen LogP contribution >= 0.6 is 0 Å². The van der Waals surface area contributed by atoms with Crippen molar-refractivity contribution in [1.29, 1.82) is 0 Å². The monoisotopic (exact) mass is 289 g/mol. The molecule has 1 aliphatic carbocycles. The normalized spacial score (nSPS) is 20.0. The van der Waals surface area contributed by atoms with E-state index in [9.17, 15) is 5.11 Å². The van der Waals surface area contributed by atoms with Crippen LogP contribution in [0.3, 0.4) is 0 Å². The number of aliphatic hydroxyl groups is 1. The fourth-order valence-corrected chi connectivity index (χ4v) is 3.36. The van der Waals surface area contributed by atoms with Crippen LogP contribution in [0, 0.1) is 0 Å². The van der Waals surface area contributed by atoms with Crippen LogP contribution in [0.2, 0.25) is 0 Å². The van der Waals surface area contributed by atoms with Gasteiger partial charge in [-0.2, -0.15) is 0 Å². The van der Waals surface area contributed by atoms with Crippen LogP contribution in [-0.4, -0.2) is 17.3 Å². The molecule has 1 aromatic rings. The Hall–Kier alpha value is -0.860. The van der Waals surface area contributed by atoms with Crippen molar-refractivity contribution in [3.8, 4) is 0 Å². The molecule has 1 saturated carbocycles. The summed E-state index contributed by atoms with van der Waals surface area (Å²) in [5, 5.41) is 14.4. The molecule has 2 nitrogen and oxygen atoms in total. The third kappa shape index (κ3) is 4.82. The topological polar surface area (TPSA) is 32.3 Å². The Balaban J connectivity index is 1.94. The average molecular weight is 289 g/mol. The second kappa shape index (κ2) is 7.95. The second-order valence-electron chi connectivity index (χ2n) is 6.58. The van der Waals surface area contributed by atoms with Gasteiger partial charge in [0, 0.05) is 12.6 Å². The van der Waals surface area contributed by atoms with Crippen LogP contribution in [0.15, 0.2) is 24.3 Å². The van der Waals surface area contributed by atoms with Gasteiger partial charge in [0.15, 0.2) is 0 Å². The van der Waals surface area contributed by atoms with Gasteiger partial charge in [0.25, 0.3) is 0 Å². The molecule has 1 atom stereocenters. The smallest absolute Gasteiger partial charge is 0.0771 e. The second-order valence-corrected chi connectivity index (χ2v) is 6.58. The average Bonchev–Trinajstić information content (AvgIpc) is 2.73. The first-order valence-electron chi connectivity index (χ1n) is 8.71. The van der Waals surface area contributed by atoms with Crippen molar-refractivity contribution in [2.24, 2.45) is 0 Å². The Kier molecular flexibility index (Phi) is 6.25. The van der Waals surface area contributed by atoms with Crippen molar-refractivity contribution < 1.29 is 5.11 Å². The van der Waals surface area contributed by atoms with Gasteiger partial charge in [0.1, 0.15) is 0 Å². The first kappa shape index (κ1) is 16.5. The largest absolute Gasteiger partial charge is 0.389 e. The minimum Gasteiger partial charge on any atom is -0.389 e. The Morgan fingerprint density at radius 1 is 1.05 bits per heavy atom. The van der Waals surface area contributed by atoms with E-state index in [0.29, 0.717) is 6.04 Å². The third-order valence-electron chi connectivity index (χ3n) is 4.91. The summed E-state index contributed by atoms with van der Waals surface area (Å²) >= 11 is 0. The lowest BCUT2D eigenvalue weighted by Gasteiger charge is -2.29. The molecular weight excluding hydrogens is 258 g/mol. The van der Waals surface area contributed by atoms with E-state index >= 15 is 0 Å². The summed E-state index contributed by atoms with van der Waals surface area (Å²) < 4.78 is 0. The lowest BCUT2D eigenvalue weighted by atomic mass is 9.93.